The van der Waals surface area contributed by atoms with Crippen LogP contribution in [0.25, 0.3) is 0 Å². The molecular weight excluding hydrogens is 352 g/mol. The van der Waals surface area contributed by atoms with Crippen LogP contribution in [0.4, 0.5) is 0 Å². The van der Waals surface area contributed by atoms with Crippen LogP contribution in [0.5, 0.6) is 0 Å². The molecule has 1 aromatic carbocycles. The monoisotopic (exact) mass is 366 g/mol. The van der Waals surface area contributed by atoms with Gasteiger partial charge in [0.25, 0.3) is 0 Å². The van der Waals surface area contributed by atoms with E-state index in [2.05, 4.69) is 26.0 Å². The van der Waals surface area contributed by atoms with Gasteiger partial charge in [-0.15, -0.1) is 0 Å². The third kappa shape index (κ3) is 4.16. The highest BCUT2D eigenvalue weighted by Gasteiger charge is 2.21. The zero-order valence-electron chi connectivity index (χ0n) is 10.3. The van der Waals surface area contributed by atoms with Crippen molar-refractivity contribution in [3.8, 4) is 0 Å². The second kappa shape index (κ2) is 6.54. The topological polar surface area (TPSA) is 58.2 Å². The van der Waals surface area contributed by atoms with E-state index in [-0.39, 0.29) is 9.92 Å². The molecule has 0 aromatic heterocycles. The van der Waals surface area contributed by atoms with Crippen molar-refractivity contribution in [2.75, 3.05) is 19.6 Å². The molecule has 106 valence electrons. The molecule has 4 nitrogen and oxygen atoms in total. The number of benzene rings is 1. The van der Waals surface area contributed by atoms with Gasteiger partial charge >= 0.3 is 0 Å². The van der Waals surface area contributed by atoms with Crippen LogP contribution < -0.4 is 10.0 Å². The maximum atomic E-state index is 12.2. The molecule has 1 heterocycles. The zero-order valence-corrected chi connectivity index (χ0v) is 13.5. The van der Waals surface area contributed by atoms with E-state index in [1.807, 2.05) is 0 Å². The Morgan fingerprint density at radius 1 is 1.47 bits per heavy atom. The maximum Gasteiger partial charge on any atom is 0.242 e. The quantitative estimate of drug-likeness (QED) is 0.859. The molecule has 2 N–H and O–H groups in total. The van der Waals surface area contributed by atoms with Gasteiger partial charge in [0.1, 0.15) is 4.90 Å². The first-order valence-electron chi connectivity index (χ1n) is 6.14. The first-order chi connectivity index (χ1) is 8.99. The second-order valence-electron chi connectivity index (χ2n) is 4.64. The van der Waals surface area contributed by atoms with Gasteiger partial charge in [-0.2, -0.15) is 0 Å². The van der Waals surface area contributed by atoms with Crippen molar-refractivity contribution in [1.82, 2.24) is 10.0 Å². The minimum Gasteiger partial charge on any atom is -0.316 e. The summed E-state index contributed by atoms with van der Waals surface area (Å²) in [6, 6.07) is 4.80. The van der Waals surface area contributed by atoms with Crippen LogP contribution in [0, 0.1) is 5.92 Å². The van der Waals surface area contributed by atoms with Gasteiger partial charge in [0, 0.05) is 11.0 Å². The third-order valence-corrected chi connectivity index (χ3v) is 5.54. The predicted molar refractivity (Wildman–Crippen MR) is 79.9 cm³/mol. The molecule has 1 aromatic rings. The highest BCUT2D eigenvalue weighted by Crippen LogP contribution is 2.25. The van der Waals surface area contributed by atoms with Crippen LogP contribution in [-0.2, 0) is 10.0 Å². The molecule has 0 radical (unpaired) electrons. The summed E-state index contributed by atoms with van der Waals surface area (Å²) in [4.78, 5) is 0.118. The van der Waals surface area contributed by atoms with E-state index in [0.717, 1.165) is 25.9 Å². The van der Waals surface area contributed by atoms with Crippen molar-refractivity contribution in [2.24, 2.45) is 5.92 Å². The van der Waals surface area contributed by atoms with Gasteiger partial charge < -0.3 is 5.32 Å². The van der Waals surface area contributed by atoms with Crippen molar-refractivity contribution in [1.29, 1.82) is 0 Å². The number of rotatable bonds is 4. The fourth-order valence-corrected chi connectivity index (χ4v) is 4.24. The Morgan fingerprint density at radius 2 is 2.26 bits per heavy atom. The molecule has 7 heteroatoms. The molecule has 1 atom stereocenters. The Hall–Kier alpha value is -0.140. The summed E-state index contributed by atoms with van der Waals surface area (Å²) in [6.45, 7) is 2.31. The Morgan fingerprint density at radius 3 is 2.95 bits per heavy atom. The first-order valence-corrected chi connectivity index (χ1v) is 8.80. The molecule has 0 aliphatic carbocycles. The summed E-state index contributed by atoms with van der Waals surface area (Å²) in [7, 11) is -3.55. The molecule has 0 bridgehead atoms. The molecule has 0 amide bonds. The minimum atomic E-state index is -3.55. The molecule has 0 saturated carbocycles. The van der Waals surface area contributed by atoms with Gasteiger partial charge in [-0.3, -0.25) is 0 Å². The lowest BCUT2D eigenvalue weighted by Crippen LogP contribution is -2.38. The van der Waals surface area contributed by atoms with E-state index in [9.17, 15) is 8.42 Å². The van der Waals surface area contributed by atoms with Crippen molar-refractivity contribution in [3.05, 3.63) is 27.7 Å². The number of piperidine rings is 1. The number of hydrogen-bond donors (Lipinski definition) is 2. The Labute approximate surface area is 127 Å². The molecule has 0 unspecified atom stereocenters. The molecule has 0 spiro atoms. The van der Waals surface area contributed by atoms with Gasteiger partial charge in [0.05, 0.1) is 5.02 Å². The van der Waals surface area contributed by atoms with Crippen molar-refractivity contribution in [2.45, 2.75) is 17.7 Å². The van der Waals surface area contributed by atoms with Crippen molar-refractivity contribution < 1.29 is 8.42 Å². The number of nitrogens with one attached hydrogen (secondary N) is 2. The fourth-order valence-electron chi connectivity index (χ4n) is 2.09. The molecule has 2 rings (SSSR count). The smallest absolute Gasteiger partial charge is 0.242 e. The highest BCUT2D eigenvalue weighted by atomic mass is 79.9. The lowest BCUT2D eigenvalue weighted by atomic mass is 10.0. The highest BCUT2D eigenvalue weighted by molar-refractivity contribution is 9.10. The van der Waals surface area contributed by atoms with Gasteiger partial charge in [-0.25, -0.2) is 13.1 Å². The van der Waals surface area contributed by atoms with Crippen LogP contribution in [0.3, 0.4) is 0 Å². The van der Waals surface area contributed by atoms with E-state index in [4.69, 9.17) is 11.6 Å². The predicted octanol–water partition coefficient (Wildman–Crippen LogP) is 2.38. The third-order valence-electron chi connectivity index (χ3n) is 3.14. The van der Waals surface area contributed by atoms with Crippen molar-refractivity contribution >= 4 is 37.6 Å². The van der Waals surface area contributed by atoms with E-state index in [1.165, 1.54) is 6.07 Å². The van der Waals surface area contributed by atoms with Crippen LogP contribution >= 0.6 is 27.5 Å². The van der Waals surface area contributed by atoms with E-state index in [1.54, 1.807) is 12.1 Å². The summed E-state index contributed by atoms with van der Waals surface area (Å²) < 4.78 is 27.8. The van der Waals surface area contributed by atoms with Gasteiger partial charge in [-0.1, -0.05) is 27.5 Å². The SMILES string of the molecule is O=S(=O)(NC[C@@H]1CCCNC1)c1cc(Br)ccc1Cl. The average Bonchev–Trinajstić information content (AvgIpc) is 2.40. The lowest BCUT2D eigenvalue weighted by molar-refractivity contribution is 0.376. The molecule has 1 aliphatic rings. The van der Waals surface area contributed by atoms with Crippen LogP contribution in [-0.4, -0.2) is 28.1 Å². The van der Waals surface area contributed by atoms with Crippen LogP contribution in [0.15, 0.2) is 27.6 Å². The van der Waals surface area contributed by atoms with Crippen molar-refractivity contribution in [3.63, 3.8) is 0 Å². The summed E-state index contributed by atoms with van der Waals surface area (Å²) >= 11 is 9.21. The average molecular weight is 368 g/mol. The zero-order chi connectivity index (χ0) is 13.9. The normalized spacial score (nSPS) is 20.4. The summed E-state index contributed by atoms with van der Waals surface area (Å²) in [5, 5.41) is 3.50. The number of hydrogen-bond acceptors (Lipinski definition) is 3. The fraction of sp³-hybridized carbons (Fsp3) is 0.500. The molecular formula is C12H16BrClN2O2S. The lowest BCUT2D eigenvalue weighted by Gasteiger charge is -2.22. The molecule has 19 heavy (non-hydrogen) atoms. The van der Waals surface area contributed by atoms with E-state index in [0.29, 0.717) is 16.9 Å². The van der Waals surface area contributed by atoms with E-state index >= 15 is 0 Å². The largest absolute Gasteiger partial charge is 0.316 e. The first kappa shape index (κ1) is 15.3. The van der Waals surface area contributed by atoms with Gasteiger partial charge in [-0.05, 0) is 50.0 Å². The molecule has 1 aliphatic heterocycles. The Balaban J connectivity index is 2.07. The standard InChI is InChI=1S/C12H16BrClN2O2S/c13-10-3-4-11(14)12(6-10)19(17,18)16-8-9-2-1-5-15-7-9/h3-4,6,9,15-16H,1-2,5,7-8H2/t9-/m1/s1. The van der Waals surface area contributed by atoms with Crippen LogP contribution in [0.2, 0.25) is 5.02 Å². The molecule has 1 fully saturated rings. The number of halogens is 2. The van der Waals surface area contributed by atoms with Gasteiger partial charge in [0.2, 0.25) is 10.0 Å². The van der Waals surface area contributed by atoms with E-state index < -0.39 is 10.0 Å². The minimum absolute atomic E-state index is 0.118. The summed E-state index contributed by atoms with van der Waals surface area (Å²) in [5.41, 5.74) is 0. The maximum absolute atomic E-state index is 12.2. The summed E-state index contributed by atoms with van der Waals surface area (Å²) in [6.07, 6.45) is 2.13. The number of sulfonamides is 1. The second-order valence-corrected chi connectivity index (χ2v) is 7.70. The van der Waals surface area contributed by atoms with Gasteiger partial charge in [0.15, 0.2) is 0 Å². The Bertz CT molecular complexity index is 545. The van der Waals surface area contributed by atoms with Crippen LogP contribution in [0.1, 0.15) is 12.8 Å². The Kier molecular flexibility index (Phi) is 5.25. The summed E-state index contributed by atoms with van der Waals surface area (Å²) in [5.74, 6) is 0.342. The molecule has 1 saturated heterocycles.